The Hall–Kier alpha value is -2.30. The molecule has 1 saturated heterocycles. The second kappa shape index (κ2) is 9.47. The van der Waals surface area contributed by atoms with Gasteiger partial charge in [-0.15, -0.1) is 16.4 Å². The van der Waals surface area contributed by atoms with E-state index < -0.39 is 0 Å². The summed E-state index contributed by atoms with van der Waals surface area (Å²) >= 11 is 2.83. The maximum absolute atomic E-state index is 13.3. The summed E-state index contributed by atoms with van der Waals surface area (Å²) in [6, 6.07) is 9.73. The van der Waals surface area contributed by atoms with Gasteiger partial charge in [-0.05, 0) is 52.4 Å². The molecule has 2 atom stereocenters. The fourth-order valence-corrected chi connectivity index (χ4v) is 4.66. The van der Waals surface area contributed by atoms with E-state index in [1.807, 2.05) is 17.5 Å². The normalized spacial score (nSPS) is 17.3. The highest BCUT2D eigenvalue weighted by Crippen LogP contribution is 2.27. The van der Waals surface area contributed by atoms with Crippen LogP contribution in [-0.2, 0) is 16.1 Å². The van der Waals surface area contributed by atoms with Crippen LogP contribution in [0.4, 0.5) is 4.39 Å². The molecule has 1 aromatic carbocycles. The van der Waals surface area contributed by atoms with Crippen LogP contribution in [0.15, 0.2) is 46.9 Å². The van der Waals surface area contributed by atoms with E-state index in [-0.39, 0.29) is 29.6 Å². The highest BCUT2D eigenvalue weighted by Gasteiger charge is 2.21. The first-order chi connectivity index (χ1) is 14.2. The molecule has 3 heterocycles. The molecule has 0 radical (unpaired) electrons. The molecule has 3 aromatic rings. The van der Waals surface area contributed by atoms with Gasteiger partial charge in [-0.25, -0.2) is 9.07 Å². The van der Waals surface area contributed by atoms with E-state index in [2.05, 4.69) is 20.8 Å². The lowest BCUT2D eigenvalue weighted by Crippen LogP contribution is -2.30. The van der Waals surface area contributed by atoms with E-state index in [0.29, 0.717) is 11.7 Å². The number of benzene rings is 1. The summed E-state index contributed by atoms with van der Waals surface area (Å²) in [5, 5.41) is 17.3. The molecule has 1 amide bonds. The lowest BCUT2D eigenvalue weighted by atomic mass is 10.1. The minimum Gasteiger partial charge on any atom is -0.376 e. The molecule has 0 spiro atoms. The number of amides is 1. The topological polar surface area (TPSA) is 81.9 Å². The Morgan fingerprint density at radius 3 is 2.97 bits per heavy atom. The first-order valence-electron chi connectivity index (χ1n) is 9.28. The van der Waals surface area contributed by atoms with E-state index in [0.717, 1.165) is 29.9 Å². The average molecular weight is 434 g/mol. The van der Waals surface area contributed by atoms with Gasteiger partial charge in [0.05, 0.1) is 24.4 Å². The van der Waals surface area contributed by atoms with Crippen LogP contribution in [0.1, 0.15) is 29.3 Å². The number of hydrogen-bond donors (Lipinski definition) is 1. The zero-order valence-corrected chi connectivity index (χ0v) is 17.2. The Morgan fingerprint density at radius 1 is 1.38 bits per heavy atom. The number of nitrogens with zero attached hydrogens (tertiary/aromatic N) is 4. The lowest BCUT2D eigenvalue weighted by molar-refractivity contribution is -0.119. The van der Waals surface area contributed by atoms with Crippen molar-refractivity contribution in [3.8, 4) is 0 Å². The molecule has 1 aliphatic rings. The molecule has 7 nitrogen and oxygen atoms in total. The maximum atomic E-state index is 13.3. The summed E-state index contributed by atoms with van der Waals surface area (Å²) in [6.07, 6.45) is 2.16. The number of halogens is 1. The van der Waals surface area contributed by atoms with Crippen LogP contribution in [0.25, 0.3) is 0 Å². The summed E-state index contributed by atoms with van der Waals surface area (Å²) in [5.41, 5.74) is 0.829. The lowest BCUT2D eigenvalue weighted by Gasteiger charge is -2.18. The molecule has 1 fully saturated rings. The fraction of sp³-hybridized carbons (Fsp3) is 0.368. The predicted molar refractivity (Wildman–Crippen MR) is 108 cm³/mol. The number of hydrogen-bond acceptors (Lipinski definition) is 7. The summed E-state index contributed by atoms with van der Waals surface area (Å²) < 4.78 is 20.6. The van der Waals surface area contributed by atoms with Gasteiger partial charge in [0.15, 0.2) is 0 Å². The number of thioether (sulfide) groups is 1. The highest BCUT2D eigenvalue weighted by atomic mass is 32.2. The van der Waals surface area contributed by atoms with E-state index >= 15 is 0 Å². The molecule has 0 aliphatic carbocycles. The standard InChI is InChI=1S/C19H20FN5O2S2/c20-14-7-5-13(6-8-14)18(16-4-2-10-28-16)21-17(26)12-29-19-22-23-24-25(19)11-15-3-1-9-27-15/h2,4-8,10,15,18H,1,3,9,11-12H2,(H,21,26)/t15-,18+/m0/s1. The smallest absolute Gasteiger partial charge is 0.231 e. The molecule has 1 aliphatic heterocycles. The van der Waals surface area contributed by atoms with E-state index in [1.54, 1.807) is 28.2 Å². The van der Waals surface area contributed by atoms with Gasteiger partial charge < -0.3 is 10.1 Å². The van der Waals surface area contributed by atoms with E-state index in [1.165, 1.54) is 23.9 Å². The van der Waals surface area contributed by atoms with Crippen LogP contribution in [0.2, 0.25) is 0 Å². The average Bonchev–Trinajstić information content (AvgIpc) is 3.49. The molecule has 2 aromatic heterocycles. The number of ether oxygens (including phenoxy) is 1. The molecule has 0 bridgehead atoms. The number of rotatable bonds is 8. The second-order valence-corrected chi connectivity index (χ2v) is 8.56. The molecule has 10 heteroatoms. The van der Waals surface area contributed by atoms with E-state index in [4.69, 9.17) is 4.74 Å². The van der Waals surface area contributed by atoms with Crippen molar-refractivity contribution in [1.82, 2.24) is 25.5 Å². The largest absolute Gasteiger partial charge is 0.376 e. The fourth-order valence-electron chi connectivity index (χ4n) is 3.16. The predicted octanol–water partition coefficient (Wildman–Crippen LogP) is 3.05. The quantitative estimate of drug-likeness (QED) is 0.550. The number of aromatic nitrogens is 4. The number of carbonyl (C=O) groups is 1. The minimum atomic E-state index is -0.327. The molecule has 29 heavy (non-hydrogen) atoms. The van der Waals surface area contributed by atoms with Crippen molar-refractivity contribution >= 4 is 29.0 Å². The Kier molecular flexibility index (Phi) is 6.53. The number of carbonyl (C=O) groups excluding carboxylic acids is 1. The van der Waals surface area contributed by atoms with Gasteiger partial charge in [0.2, 0.25) is 11.1 Å². The van der Waals surface area contributed by atoms with Gasteiger partial charge in [0, 0.05) is 11.5 Å². The summed E-state index contributed by atoms with van der Waals surface area (Å²) in [4.78, 5) is 13.6. The van der Waals surface area contributed by atoms with Crippen LogP contribution in [0, 0.1) is 5.82 Å². The summed E-state index contributed by atoms with van der Waals surface area (Å²) in [5.74, 6) is -0.280. The van der Waals surface area contributed by atoms with E-state index in [9.17, 15) is 9.18 Å². The van der Waals surface area contributed by atoms with Crippen LogP contribution >= 0.6 is 23.1 Å². The molecule has 152 valence electrons. The van der Waals surface area contributed by atoms with Gasteiger partial charge in [0.1, 0.15) is 5.82 Å². The minimum absolute atomic E-state index is 0.119. The first kappa shape index (κ1) is 20.0. The van der Waals surface area contributed by atoms with Crippen molar-refractivity contribution in [2.75, 3.05) is 12.4 Å². The van der Waals surface area contributed by atoms with Crippen LogP contribution < -0.4 is 5.32 Å². The van der Waals surface area contributed by atoms with Crippen molar-refractivity contribution < 1.29 is 13.9 Å². The van der Waals surface area contributed by atoms with Gasteiger partial charge in [-0.3, -0.25) is 4.79 Å². The van der Waals surface area contributed by atoms with Gasteiger partial charge in [-0.1, -0.05) is 30.0 Å². The third-order valence-corrected chi connectivity index (χ3v) is 6.46. The second-order valence-electron chi connectivity index (χ2n) is 6.63. The summed E-state index contributed by atoms with van der Waals surface area (Å²) in [7, 11) is 0. The van der Waals surface area contributed by atoms with Crippen molar-refractivity contribution in [2.45, 2.75) is 36.7 Å². The van der Waals surface area contributed by atoms with Crippen molar-refractivity contribution in [3.63, 3.8) is 0 Å². The van der Waals surface area contributed by atoms with Crippen LogP contribution in [0.5, 0.6) is 0 Å². The maximum Gasteiger partial charge on any atom is 0.231 e. The highest BCUT2D eigenvalue weighted by molar-refractivity contribution is 7.99. The monoisotopic (exact) mass is 433 g/mol. The molecule has 1 N–H and O–H groups in total. The molecule has 0 saturated carbocycles. The third-order valence-electron chi connectivity index (χ3n) is 4.57. The SMILES string of the molecule is O=C(CSc1nnnn1C[C@@H]1CCCO1)N[C@H](c1ccc(F)cc1)c1cccs1. The van der Waals surface area contributed by atoms with Crippen molar-refractivity contribution in [2.24, 2.45) is 0 Å². The molecule has 4 rings (SSSR count). The number of thiophene rings is 1. The number of nitrogens with one attached hydrogen (secondary N) is 1. The van der Waals surface area contributed by atoms with Crippen molar-refractivity contribution in [3.05, 3.63) is 58.0 Å². The third kappa shape index (κ3) is 5.20. The van der Waals surface area contributed by atoms with Gasteiger partial charge in [-0.2, -0.15) is 0 Å². The zero-order chi connectivity index (χ0) is 20.1. The Labute approximate surface area is 175 Å². The Balaban J connectivity index is 1.39. The van der Waals surface area contributed by atoms with Crippen LogP contribution in [-0.4, -0.2) is 44.6 Å². The molecular weight excluding hydrogens is 413 g/mol. The van der Waals surface area contributed by atoms with Crippen LogP contribution in [0.3, 0.4) is 0 Å². The van der Waals surface area contributed by atoms with Crippen molar-refractivity contribution in [1.29, 1.82) is 0 Å². The number of tetrazole rings is 1. The molecule has 0 unspecified atom stereocenters. The Morgan fingerprint density at radius 2 is 2.24 bits per heavy atom. The Bertz CT molecular complexity index is 926. The summed E-state index contributed by atoms with van der Waals surface area (Å²) in [6.45, 7) is 1.36. The van der Waals surface area contributed by atoms with Gasteiger partial charge >= 0.3 is 0 Å². The van der Waals surface area contributed by atoms with Gasteiger partial charge in [0.25, 0.3) is 0 Å². The zero-order valence-electron chi connectivity index (χ0n) is 15.5. The molecular formula is C19H20FN5O2S2. The first-order valence-corrected chi connectivity index (χ1v) is 11.1.